The van der Waals surface area contributed by atoms with Gasteiger partial charge in [-0.3, -0.25) is 9.89 Å². The second-order valence-electron chi connectivity index (χ2n) is 9.52. The second-order valence-corrected chi connectivity index (χ2v) is 9.52. The van der Waals surface area contributed by atoms with Gasteiger partial charge in [-0.05, 0) is 49.8 Å². The molecule has 2 saturated heterocycles. The van der Waals surface area contributed by atoms with Crippen LogP contribution in [0, 0.1) is 0 Å². The molecule has 2 N–H and O–H groups in total. The molecule has 0 amide bonds. The number of guanidine groups is 1. The zero-order valence-electron chi connectivity index (χ0n) is 20.3. The Morgan fingerprint density at radius 3 is 2.45 bits per heavy atom. The van der Waals surface area contributed by atoms with Crippen molar-refractivity contribution in [3.8, 4) is 0 Å². The van der Waals surface area contributed by atoms with Gasteiger partial charge in [0.25, 0.3) is 0 Å². The van der Waals surface area contributed by atoms with Crippen LogP contribution in [0.3, 0.4) is 0 Å². The van der Waals surface area contributed by atoms with Crippen LogP contribution < -0.4 is 15.5 Å². The van der Waals surface area contributed by atoms with Gasteiger partial charge < -0.3 is 15.5 Å². The third-order valence-corrected chi connectivity index (χ3v) is 7.01. The lowest BCUT2D eigenvalue weighted by Crippen LogP contribution is -2.51. The SMILES string of the molecule is CN=C(NCc1ccc(N2CCCCCC2)nc1)NC1CCN(Cc2ccccc2)C(C)C1. The summed E-state index contributed by atoms with van der Waals surface area (Å²) in [7, 11) is 1.85. The van der Waals surface area contributed by atoms with Gasteiger partial charge in [-0.2, -0.15) is 0 Å². The van der Waals surface area contributed by atoms with Crippen LogP contribution in [0.4, 0.5) is 5.82 Å². The summed E-state index contributed by atoms with van der Waals surface area (Å²) in [6.07, 6.45) is 9.49. The van der Waals surface area contributed by atoms with Gasteiger partial charge in [0.1, 0.15) is 5.82 Å². The summed E-state index contributed by atoms with van der Waals surface area (Å²) in [5, 5.41) is 7.12. The van der Waals surface area contributed by atoms with Crippen LogP contribution in [0.15, 0.2) is 53.7 Å². The molecular weight excluding hydrogens is 408 g/mol. The standard InChI is InChI=1S/C27H40N6/c1-22-18-25(14-17-33(22)21-23-10-6-5-7-11-23)31-27(28-2)30-20-24-12-13-26(29-19-24)32-15-8-3-4-9-16-32/h5-7,10-13,19,22,25H,3-4,8-9,14-18,20-21H2,1-2H3,(H2,28,30,31). The molecule has 1 aromatic heterocycles. The average Bonchev–Trinajstić information content (AvgIpc) is 3.14. The second kappa shape index (κ2) is 12.0. The highest BCUT2D eigenvalue weighted by molar-refractivity contribution is 5.80. The van der Waals surface area contributed by atoms with Gasteiger partial charge in [0.15, 0.2) is 5.96 Å². The van der Waals surface area contributed by atoms with Gasteiger partial charge in [-0.1, -0.05) is 49.2 Å². The molecule has 2 unspecified atom stereocenters. The lowest BCUT2D eigenvalue weighted by molar-refractivity contribution is 0.134. The number of aromatic nitrogens is 1. The van der Waals surface area contributed by atoms with Crippen LogP contribution in [0.1, 0.15) is 56.6 Å². The van der Waals surface area contributed by atoms with E-state index < -0.39 is 0 Å². The summed E-state index contributed by atoms with van der Waals surface area (Å²) >= 11 is 0. The fourth-order valence-electron chi connectivity index (χ4n) is 4.99. The smallest absolute Gasteiger partial charge is 0.191 e. The van der Waals surface area contributed by atoms with E-state index in [0.717, 1.165) is 57.3 Å². The molecule has 0 aliphatic carbocycles. The lowest BCUT2D eigenvalue weighted by Gasteiger charge is -2.38. The summed E-state index contributed by atoms with van der Waals surface area (Å²) in [6.45, 7) is 7.46. The van der Waals surface area contributed by atoms with Gasteiger partial charge in [-0.25, -0.2) is 4.98 Å². The minimum Gasteiger partial charge on any atom is -0.357 e. The molecule has 2 aromatic rings. The molecule has 0 saturated carbocycles. The number of likely N-dealkylation sites (tertiary alicyclic amines) is 1. The number of hydrogen-bond donors (Lipinski definition) is 2. The predicted octanol–water partition coefficient (Wildman–Crippen LogP) is 4.18. The highest BCUT2D eigenvalue weighted by Crippen LogP contribution is 2.20. The normalized spacial score (nSPS) is 22.6. The molecule has 2 atom stereocenters. The van der Waals surface area contributed by atoms with Crippen LogP contribution in [-0.4, -0.2) is 54.6 Å². The minimum atomic E-state index is 0.446. The molecule has 2 aliphatic heterocycles. The summed E-state index contributed by atoms with van der Waals surface area (Å²) in [6, 6.07) is 16.1. The maximum atomic E-state index is 4.74. The first kappa shape index (κ1) is 23.6. The number of aliphatic imine (C=N–C) groups is 1. The Morgan fingerprint density at radius 2 is 1.79 bits per heavy atom. The molecule has 3 heterocycles. The van der Waals surface area contributed by atoms with Crippen molar-refractivity contribution in [2.24, 2.45) is 4.99 Å². The first-order valence-electron chi connectivity index (χ1n) is 12.7. The maximum absolute atomic E-state index is 4.74. The van der Waals surface area contributed by atoms with E-state index in [1.807, 2.05) is 13.2 Å². The van der Waals surface area contributed by atoms with Crippen molar-refractivity contribution in [3.63, 3.8) is 0 Å². The molecule has 1 aromatic carbocycles. The highest BCUT2D eigenvalue weighted by Gasteiger charge is 2.26. The molecule has 0 bridgehead atoms. The molecule has 0 radical (unpaired) electrons. The molecule has 4 rings (SSSR count). The Kier molecular flexibility index (Phi) is 8.59. The van der Waals surface area contributed by atoms with E-state index in [4.69, 9.17) is 4.98 Å². The van der Waals surface area contributed by atoms with E-state index in [9.17, 15) is 0 Å². The van der Waals surface area contributed by atoms with E-state index >= 15 is 0 Å². The Bertz CT molecular complexity index is 858. The van der Waals surface area contributed by atoms with Crippen molar-refractivity contribution in [3.05, 3.63) is 59.8 Å². The summed E-state index contributed by atoms with van der Waals surface area (Å²) in [5.41, 5.74) is 2.58. The number of benzene rings is 1. The number of pyridine rings is 1. The third-order valence-electron chi connectivity index (χ3n) is 7.01. The number of anilines is 1. The number of piperidine rings is 1. The van der Waals surface area contributed by atoms with E-state index in [1.54, 1.807) is 0 Å². The number of rotatable bonds is 6. The van der Waals surface area contributed by atoms with Crippen molar-refractivity contribution in [2.45, 2.75) is 70.6 Å². The largest absolute Gasteiger partial charge is 0.357 e. The Balaban J connectivity index is 1.23. The molecule has 0 spiro atoms. The quantitative estimate of drug-likeness (QED) is 0.513. The van der Waals surface area contributed by atoms with E-state index in [0.29, 0.717) is 12.1 Å². The molecule has 6 nitrogen and oxygen atoms in total. The lowest BCUT2D eigenvalue weighted by atomic mass is 9.97. The molecular formula is C27H40N6. The molecule has 6 heteroatoms. The molecule has 2 aliphatic rings. The van der Waals surface area contributed by atoms with E-state index in [2.05, 4.69) is 74.8 Å². The topological polar surface area (TPSA) is 55.8 Å². The fourth-order valence-corrected chi connectivity index (χ4v) is 4.99. The number of nitrogens with one attached hydrogen (secondary N) is 2. The van der Waals surface area contributed by atoms with Crippen molar-refractivity contribution in [2.75, 3.05) is 31.6 Å². The summed E-state index contributed by atoms with van der Waals surface area (Å²) in [5.74, 6) is 1.99. The average molecular weight is 449 g/mol. The van der Waals surface area contributed by atoms with Gasteiger partial charge in [0.05, 0.1) is 0 Å². The van der Waals surface area contributed by atoms with Crippen molar-refractivity contribution < 1.29 is 0 Å². The summed E-state index contributed by atoms with van der Waals surface area (Å²) in [4.78, 5) is 14.2. The maximum Gasteiger partial charge on any atom is 0.191 e. The predicted molar refractivity (Wildman–Crippen MR) is 138 cm³/mol. The van der Waals surface area contributed by atoms with Crippen molar-refractivity contribution in [1.82, 2.24) is 20.5 Å². The van der Waals surface area contributed by atoms with Crippen LogP contribution in [0.2, 0.25) is 0 Å². The Hall–Kier alpha value is -2.60. The minimum absolute atomic E-state index is 0.446. The van der Waals surface area contributed by atoms with Crippen LogP contribution in [-0.2, 0) is 13.1 Å². The van der Waals surface area contributed by atoms with Crippen LogP contribution in [0.5, 0.6) is 0 Å². The third kappa shape index (κ3) is 6.94. The molecule has 178 valence electrons. The Labute approximate surface area is 199 Å². The fraction of sp³-hybridized carbons (Fsp3) is 0.556. The van der Waals surface area contributed by atoms with Crippen molar-refractivity contribution >= 4 is 11.8 Å². The first-order chi connectivity index (χ1) is 16.2. The highest BCUT2D eigenvalue weighted by atomic mass is 15.2. The molecule has 2 fully saturated rings. The van der Waals surface area contributed by atoms with Gasteiger partial charge >= 0.3 is 0 Å². The van der Waals surface area contributed by atoms with Crippen LogP contribution >= 0.6 is 0 Å². The van der Waals surface area contributed by atoms with Gasteiger partial charge in [0, 0.05) is 58.1 Å². The zero-order valence-corrected chi connectivity index (χ0v) is 20.3. The molecule has 33 heavy (non-hydrogen) atoms. The van der Waals surface area contributed by atoms with Crippen molar-refractivity contribution in [1.29, 1.82) is 0 Å². The van der Waals surface area contributed by atoms with Gasteiger partial charge in [-0.15, -0.1) is 0 Å². The van der Waals surface area contributed by atoms with Crippen LogP contribution in [0.25, 0.3) is 0 Å². The monoisotopic (exact) mass is 448 g/mol. The van der Waals surface area contributed by atoms with Gasteiger partial charge in [0.2, 0.25) is 0 Å². The number of nitrogens with zero attached hydrogens (tertiary/aromatic N) is 4. The zero-order chi connectivity index (χ0) is 22.9. The Morgan fingerprint density at radius 1 is 1.00 bits per heavy atom. The van der Waals surface area contributed by atoms with E-state index in [-0.39, 0.29) is 0 Å². The summed E-state index contributed by atoms with van der Waals surface area (Å²) < 4.78 is 0. The number of hydrogen-bond acceptors (Lipinski definition) is 4. The first-order valence-corrected chi connectivity index (χ1v) is 12.7. The van der Waals surface area contributed by atoms with E-state index in [1.165, 1.54) is 36.8 Å².